The SMILES string of the molecule is C1=CC2Oc3ccccc3C3(c4ccccc4-c4ccc(N(c5ccc6c(c5)C5(c7ccccc7Oc7ccccc75)c5ccccc5-6)c5ccc6c(c5)C5(c7ccccc7Oc7ccccc75)c5ccccc5-6)cc43)C2C=C1. The molecule has 3 atom stereocenters. The van der Waals surface area contributed by atoms with Gasteiger partial charge >= 0.3 is 0 Å². The van der Waals surface area contributed by atoms with Crippen molar-refractivity contribution in [3.8, 4) is 62.1 Å². The monoisotopic (exact) mass is 1010 g/mol. The summed E-state index contributed by atoms with van der Waals surface area (Å²) < 4.78 is 20.6. The van der Waals surface area contributed by atoms with Crippen LogP contribution in [0.1, 0.15) is 61.2 Å². The molecule has 4 heteroatoms. The molecule has 18 rings (SSSR count). The van der Waals surface area contributed by atoms with Gasteiger partial charge in [0.2, 0.25) is 0 Å². The Bertz CT molecular complexity index is 4260. The van der Waals surface area contributed by atoms with Crippen molar-refractivity contribution in [3.63, 3.8) is 0 Å². The summed E-state index contributed by atoms with van der Waals surface area (Å²) in [5.41, 5.74) is 22.0. The number of hydrogen-bond donors (Lipinski definition) is 0. The Morgan fingerprint density at radius 1 is 0.278 bits per heavy atom. The fourth-order valence-electron chi connectivity index (χ4n) is 15.8. The number of rotatable bonds is 3. The van der Waals surface area contributed by atoms with E-state index in [1.807, 2.05) is 0 Å². The third-order valence-corrected chi connectivity index (χ3v) is 18.7. The van der Waals surface area contributed by atoms with Crippen molar-refractivity contribution in [2.24, 2.45) is 5.92 Å². The smallest absolute Gasteiger partial charge is 0.132 e. The normalized spacial score (nSPS) is 19.1. The van der Waals surface area contributed by atoms with Gasteiger partial charge < -0.3 is 19.1 Å². The summed E-state index contributed by atoms with van der Waals surface area (Å²) in [6, 6.07) is 92.2. The highest BCUT2D eigenvalue weighted by Gasteiger charge is 2.57. The number of hydrogen-bond acceptors (Lipinski definition) is 4. The van der Waals surface area contributed by atoms with Gasteiger partial charge in [0.1, 0.15) is 34.9 Å². The lowest BCUT2D eigenvalue weighted by atomic mass is 9.60. The summed E-state index contributed by atoms with van der Waals surface area (Å²) in [7, 11) is 0. The molecule has 0 saturated heterocycles. The second kappa shape index (κ2) is 15.6. The molecule has 3 heterocycles. The molecule has 0 fully saturated rings. The lowest BCUT2D eigenvalue weighted by Gasteiger charge is -2.47. The van der Waals surface area contributed by atoms with Crippen molar-refractivity contribution in [2.45, 2.75) is 22.3 Å². The first kappa shape index (κ1) is 43.2. The highest BCUT2D eigenvalue weighted by Crippen LogP contribution is 2.67. The molecule has 11 aromatic rings. The van der Waals surface area contributed by atoms with E-state index >= 15 is 0 Å². The van der Waals surface area contributed by atoms with E-state index in [0.717, 1.165) is 68.1 Å². The van der Waals surface area contributed by atoms with Gasteiger partial charge in [-0.3, -0.25) is 0 Å². The molecule has 3 aliphatic heterocycles. The molecule has 3 unspecified atom stereocenters. The Labute approximate surface area is 458 Å². The topological polar surface area (TPSA) is 30.9 Å². The maximum Gasteiger partial charge on any atom is 0.132 e. The van der Waals surface area contributed by atoms with Crippen LogP contribution in [0.2, 0.25) is 0 Å². The predicted octanol–water partition coefficient (Wildman–Crippen LogP) is 17.9. The van der Waals surface area contributed by atoms with E-state index in [1.54, 1.807) is 0 Å². The largest absolute Gasteiger partial charge is 0.485 e. The molecule has 11 aromatic carbocycles. The van der Waals surface area contributed by atoms with E-state index < -0.39 is 16.2 Å². The average Bonchev–Trinajstić information content (AvgIpc) is 2.96. The third kappa shape index (κ3) is 5.34. The van der Waals surface area contributed by atoms with Crippen molar-refractivity contribution in [1.82, 2.24) is 0 Å². The quantitative estimate of drug-likeness (QED) is 0.176. The molecular formula is C75H47NO3. The fraction of sp³-hybridized carbons (Fsp3) is 0.0667. The van der Waals surface area contributed by atoms with Crippen LogP contribution in [0.5, 0.6) is 28.7 Å². The second-order valence-electron chi connectivity index (χ2n) is 22.0. The lowest BCUT2D eigenvalue weighted by Crippen LogP contribution is -2.47. The number of nitrogens with zero attached hydrogens (tertiary/aromatic N) is 1. The van der Waals surface area contributed by atoms with Crippen LogP contribution in [0.15, 0.2) is 273 Å². The van der Waals surface area contributed by atoms with Crippen LogP contribution in [0.4, 0.5) is 17.1 Å². The molecule has 4 nitrogen and oxygen atoms in total. The third-order valence-electron chi connectivity index (χ3n) is 18.7. The summed E-state index contributed by atoms with van der Waals surface area (Å²) in [6.45, 7) is 0. The zero-order chi connectivity index (χ0) is 51.6. The van der Waals surface area contributed by atoms with Crippen molar-refractivity contribution in [1.29, 1.82) is 0 Å². The first-order valence-corrected chi connectivity index (χ1v) is 27.5. The standard InChI is InChI=1S/C75H47NO3/c1-4-22-55-49(19-1)52-40-37-46(43-64(52)73(55)58-25-7-13-31-67(58)77-68-32-14-8-26-59(68)73)76(47-38-41-53-50-20-2-5-23-56(50)74(65(53)44-47)60-27-9-15-33-69(60)78-70-34-16-10-28-61(70)74)48-39-42-54-51-21-3-6-24-57(51)75(66(54)45-48)62-29-11-17-35-71(62)79-72-36-18-12-30-63(72)75/h1-45,58,67H. The highest BCUT2D eigenvalue weighted by molar-refractivity contribution is 5.95. The lowest BCUT2D eigenvalue weighted by molar-refractivity contribution is 0.141. The highest BCUT2D eigenvalue weighted by atomic mass is 16.5. The van der Waals surface area contributed by atoms with Crippen molar-refractivity contribution in [2.75, 3.05) is 4.90 Å². The Hall–Kier alpha value is -9.90. The Kier molecular flexibility index (Phi) is 8.55. The summed E-state index contributed by atoms with van der Waals surface area (Å²) >= 11 is 0. The van der Waals surface area contributed by atoms with E-state index in [1.165, 1.54) is 72.3 Å². The van der Waals surface area contributed by atoms with E-state index in [0.29, 0.717) is 0 Å². The number of benzene rings is 11. The van der Waals surface area contributed by atoms with Crippen LogP contribution in [0, 0.1) is 5.92 Å². The Morgan fingerprint density at radius 3 is 1.10 bits per heavy atom. The van der Waals surface area contributed by atoms with Crippen LogP contribution >= 0.6 is 0 Å². The average molecular weight is 1010 g/mol. The molecular weight excluding hydrogens is 963 g/mol. The molecule has 0 N–H and O–H groups in total. The van der Waals surface area contributed by atoms with Crippen molar-refractivity contribution < 1.29 is 14.2 Å². The number of fused-ring (bicyclic) bond motifs is 27. The maximum atomic E-state index is 6.95. The molecule has 0 radical (unpaired) electrons. The minimum Gasteiger partial charge on any atom is -0.485 e. The molecule has 7 aliphatic rings. The van der Waals surface area contributed by atoms with Crippen LogP contribution in [0.25, 0.3) is 33.4 Å². The maximum absolute atomic E-state index is 6.95. The summed E-state index contributed by atoms with van der Waals surface area (Å²) in [5, 5.41) is 0. The van der Waals surface area contributed by atoms with E-state index in [-0.39, 0.29) is 12.0 Å². The van der Waals surface area contributed by atoms with Crippen LogP contribution in [0.3, 0.4) is 0 Å². The first-order chi connectivity index (χ1) is 39.2. The van der Waals surface area contributed by atoms with E-state index in [4.69, 9.17) is 14.2 Å². The molecule has 0 saturated carbocycles. The van der Waals surface area contributed by atoms with Gasteiger partial charge in [0.25, 0.3) is 0 Å². The van der Waals surface area contributed by atoms with Gasteiger partial charge in [-0.2, -0.15) is 0 Å². The first-order valence-electron chi connectivity index (χ1n) is 27.5. The van der Waals surface area contributed by atoms with Crippen LogP contribution < -0.4 is 19.1 Å². The molecule has 0 bridgehead atoms. The molecule has 0 amide bonds. The fourth-order valence-corrected chi connectivity index (χ4v) is 15.8. The summed E-state index contributed by atoms with van der Waals surface area (Å²) in [5.74, 6) is 4.41. The van der Waals surface area contributed by atoms with Crippen molar-refractivity contribution >= 4 is 17.1 Å². The van der Waals surface area contributed by atoms with Gasteiger partial charge in [-0.15, -0.1) is 0 Å². The minimum atomic E-state index is -0.663. The van der Waals surface area contributed by atoms with E-state index in [9.17, 15) is 0 Å². The number of para-hydroxylation sites is 5. The van der Waals surface area contributed by atoms with Crippen molar-refractivity contribution in [3.05, 3.63) is 334 Å². The molecule has 0 aromatic heterocycles. The van der Waals surface area contributed by atoms with Gasteiger partial charge in [0.05, 0.1) is 16.2 Å². The Balaban J connectivity index is 0.940. The summed E-state index contributed by atoms with van der Waals surface area (Å²) in [4.78, 5) is 2.54. The van der Waals surface area contributed by atoms with Gasteiger partial charge in [-0.25, -0.2) is 0 Å². The number of ether oxygens (including phenoxy) is 3. The number of allylic oxidation sites excluding steroid dienone is 2. The van der Waals surface area contributed by atoms with Gasteiger partial charge in [0, 0.05) is 50.8 Å². The minimum absolute atomic E-state index is 0.00229. The Morgan fingerprint density at radius 2 is 0.620 bits per heavy atom. The second-order valence-corrected chi connectivity index (χ2v) is 22.0. The van der Waals surface area contributed by atoms with Crippen LogP contribution in [-0.4, -0.2) is 6.10 Å². The molecule has 3 spiro atoms. The zero-order valence-corrected chi connectivity index (χ0v) is 42.8. The predicted molar refractivity (Wildman–Crippen MR) is 314 cm³/mol. The van der Waals surface area contributed by atoms with Gasteiger partial charge in [0.15, 0.2) is 0 Å². The summed E-state index contributed by atoms with van der Waals surface area (Å²) in [6.07, 6.45) is 8.84. The zero-order valence-electron chi connectivity index (χ0n) is 42.8. The molecule has 4 aliphatic carbocycles. The van der Waals surface area contributed by atoms with Crippen LogP contribution in [-0.2, 0) is 16.2 Å². The number of anilines is 3. The van der Waals surface area contributed by atoms with E-state index in [2.05, 4.69) is 278 Å². The van der Waals surface area contributed by atoms with Gasteiger partial charge in [-0.1, -0.05) is 200 Å². The molecule has 370 valence electrons. The van der Waals surface area contributed by atoms with Gasteiger partial charge in [-0.05, 0) is 140 Å². The molecule has 79 heavy (non-hydrogen) atoms.